The zero-order valence-corrected chi connectivity index (χ0v) is 21.3. The number of hydrogen-bond donors (Lipinski definition) is 3. The highest BCUT2D eigenvalue weighted by atomic mass is 32.2. The smallest absolute Gasteiger partial charge is 0.306 e. The van der Waals surface area contributed by atoms with Gasteiger partial charge in [0.1, 0.15) is 11.4 Å². The Bertz CT molecular complexity index is 1260. The molecule has 36 heavy (non-hydrogen) atoms. The van der Waals surface area contributed by atoms with Crippen molar-refractivity contribution in [2.24, 2.45) is 18.7 Å². The Kier molecular flexibility index (Phi) is 8.35. The Morgan fingerprint density at radius 2 is 1.89 bits per heavy atom. The Hall–Kier alpha value is -3.45. The molecular formula is C23H31N5O7S. The normalized spacial score (nSPS) is 15.0. The van der Waals surface area contributed by atoms with E-state index in [-0.39, 0.29) is 60.1 Å². The van der Waals surface area contributed by atoms with Gasteiger partial charge in [0, 0.05) is 20.1 Å². The van der Waals surface area contributed by atoms with Gasteiger partial charge in [0.05, 0.1) is 34.4 Å². The van der Waals surface area contributed by atoms with E-state index < -0.39 is 33.7 Å². The number of hydrogen-bond acceptors (Lipinski definition) is 7. The van der Waals surface area contributed by atoms with Crippen LogP contribution in [0.4, 0.5) is 5.69 Å². The number of aromatic nitrogens is 2. The molecule has 1 aliphatic rings. The van der Waals surface area contributed by atoms with E-state index >= 15 is 0 Å². The Balaban J connectivity index is 1.97. The third-order valence-corrected chi connectivity index (χ3v) is 7.91. The molecule has 12 nitrogen and oxygen atoms in total. The number of sulfonamides is 1. The molecule has 13 heteroatoms. The highest BCUT2D eigenvalue weighted by Crippen LogP contribution is 2.30. The lowest BCUT2D eigenvalue weighted by Gasteiger charge is -2.29. The van der Waals surface area contributed by atoms with Gasteiger partial charge >= 0.3 is 5.97 Å². The van der Waals surface area contributed by atoms with Crippen molar-refractivity contribution in [2.45, 2.75) is 44.4 Å². The summed E-state index contributed by atoms with van der Waals surface area (Å²) in [7, 11) is -2.45. The van der Waals surface area contributed by atoms with Crippen LogP contribution in [-0.4, -0.2) is 65.1 Å². The molecule has 196 valence electrons. The summed E-state index contributed by atoms with van der Waals surface area (Å²) < 4.78 is 34.6. The predicted molar refractivity (Wildman–Crippen MR) is 130 cm³/mol. The first-order valence-corrected chi connectivity index (χ1v) is 13.1. The molecule has 1 aromatic heterocycles. The number of benzene rings is 1. The number of carbonyl (C=O) groups is 3. The minimum absolute atomic E-state index is 0.0230. The highest BCUT2D eigenvalue weighted by molar-refractivity contribution is 7.89. The van der Waals surface area contributed by atoms with Crippen LogP contribution in [-0.2, 0) is 28.3 Å². The number of amides is 2. The lowest BCUT2D eigenvalue weighted by atomic mass is 9.99. The fraction of sp³-hybridized carbons (Fsp3) is 0.478. The number of nitrogens with zero attached hydrogens (tertiary/aromatic N) is 3. The van der Waals surface area contributed by atoms with Crippen LogP contribution in [0.1, 0.15) is 59.7 Å². The van der Waals surface area contributed by atoms with Gasteiger partial charge in [-0.2, -0.15) is 9.40 Å². The molecule has 0 radical (unpaired) electrons. The average molecular weight is 522 g/mol. The number of aryl methyl sites for hydroxylation is 2. The number of primary amides is 1. The van der Waals surface area contributed by atoms with Crippen LogP contribution >= 0.6 is 0 Å². The largest absolute Gasteiger partial charge is 0.493 e. The second kappa shape index (κ2) is 11.1. The van der Waals surface area contributed by atoms with Crippen molar-refractivity contribution in [3.63, 3.8) is 0 Å². The van der Waals surface area contributed by atoms with Crippen LogP contribution in [0.3, 0.4) is 0 Å². The van der Waals surface area contributed by atoms with Crippen LogP contribution in [0.5, 0.6) is 5.75 Å². The van der Waals surface area contributed by atoms with Gasteiger partial charge in [-0.1, -0.05) is 13.3 Å². The number of nitrogens with two attached hydrogens (primary N) is 1. The summed E-state index contributed by atoms with van der Waals surface area (Å²) in [5.41, 5.74) is 6.14. The highest BCUT2D eigenvalue weighted by Gasteiger charge is 2.33. The molecule has 0 bridgehead atoms. The fourth-order valence-electron chi connectivity index (χ4n) is 4.21. The van der Waals surface area contributed by atoms with Crippen LogP contribution < -0.4 is 15.8 Å². The summed E-state index contributed by atoms with van der Waals surface area (Å²) in [5.74, 6) is -2.82. The topological polar surface area (TPSA) is 174 Å². The third kappa shape index (κ3) is 5.51. The molecule has 1 aliphatic heterocycles. The minimum Gasteiger partial charge on any atom is -0.493 e. The van der Waals surface area contributed by atoms with Crippen molar-refractivity contribution in [1.82, 2.24) is 14.1 Å². The van der Waals surface area contributed by atoms with Gasteiger partial charge in [-0.05, 0) is 44.4 Å². The molecule has 0 unspecified atom stereocenters. The Labute approximate surface area is 209 Å². The first-order valence-electron chi connectivity index (χ1n) is 11.7. The van der Waals surface area contributed by atoms with Gasteiger partial charge in [0.15, 0.2) is 0 Å². The molecule has 1 fully saturated rings. The summed E-state index contributed by atoms with van der Waals surface area (Å²) in [5, 5.41) is 16.2. The van der Waals surface area contributed by atoms with Crippen molar-refractivity contribution in [3.05, 3.63) is 35.2 Å². The van der Waals surface area contributed by atoms with Crippen molar-refractivity contribution >= 4 is 33.5 Å². The second-order valence-electron chi connectivity index (χ2n) is 8.47. The van der Waals surface area contributed by atoms with Crippen LogP contribution in [0.2, 0.25) is 0 Å². The maximum atomic E-state index is 13.4. The van der Waals surface area contributed by atoms with Crippen LogP contribution in [0, 0.1) is 5.92 Å². The SMILES string of the molecule is CCCc1nn(C)c(C(N)=O)c1NC(=O)c1cc(S(=O)(=O)N2CCC(C(=O)O)CC2)ccc1OCC. The summed E-state index contributed by atoms with van der Waals surface area (Å²) in [4.78, 5) is 36.5. The summed E-state index contributed by atoms with van der Waals surface area (Å²) in [6.45, 7) is 4.00. The van der Waals surface area contributed by atoms with E-state index in [0.29, 0.717) is 18.5 Å². The molecule has 0 spiro atoms. The Morgan fingerprint density at radius 1 is 1.22 bits per heavy atom. The van der Waals surface area contributed by atoms with E-state index in [0.717, 1.165) is 0 Å². The molecule has 0 atom stereocenters. The minimum atomic E-state index is -3.99. The quantitative estimate of drug-likeness (QED) is 0.423. The molecule has 2 amide bonds. The van der Waals surface area contributed by atoms with Crippen molar-refractivity contribution < 1.29 is 32.6 Å². The molecule has 4 N–H and O–H groups in total. The number of nitrogens with one attached hydrogen (secondary N) is 1. The van der Waals surface area contributed by atoms with Crippen molar-refractivity contribution in [3.8, 4) is 5.75 Å². The van der Waals surface area contributed by atoms with Crippen LogP contribution in [0.15, 0.2) is 23.1 Å². The zero-order chi connectivity index (χ0) is 26.6. The number of ether oxygens (including phenoxy) is 1. The molecule has 2 heterocycles. The predicted octanol–water partition coefficient (Wildman–Crippen LogP) is 1.61. The van der Waals surface area contributed by atoms with Gasteiger partial charge in [0.2, 0.25) is 10.0 Å². The van der Waals surface area contributed by atoms with Gasteiger partial charge in [-0.3, -0.25) is 19.1 Å². The van der Waals surface area contributed by atoms with E-state index in [1.165, 1.54) is 27.2 Å². The summed E-state index contributed by atoms with van der Waals surface area (Å²) in [6.07, 6.45) is 1.59. The van der Waals surface area contributed by atoms with E-state index in [1.807, 2.05) is 6.92 Å². The lowest BCUT2D eigenvalue weighted by molar-refractivity contribution is -0.142. The van der Waals surface area contributed by atoms with Crippen LogP contribution in [0.25, 0.3) is 0 Å². The standard InChI is InChI=1S/C23H31N5O7S/c1-4-6-17-19(20(21(24)29)27(3)26-17)25-22(30)16-13-15(7-8-18(16)35-5-2)36(33,34)28-11-9-14(10-12-28)23(31)32/h7-8,13-14H,4-6,9-12H2,1-3H3,(H2,24,29)(H,25,30)(H,31,32). The van der Waals surface area contributed by atoms with E-state index in [2.05, 4.69) is 10.4 Å². The van der Waals surface area contributed by atoms with Gasteiger partial charge in [-0.15, -0.1) is 0 Å². The first kappa shape index (κ1) is 27.1. The van der Waals surface area contributed by atoms with E-state index in [9.17, 15) is 27.9 Å². The lowest BCUT2D eigenvalue weighted by Crippen LogP contribution is -2.40. The van der Waals surface area contributed by atoms with Crippen molar-refractivity contribution in [1.29, 1.82) is 0 Å². The molecule has 1 saturated heterocycles. The summed E-state index contributed by atoms with van der Waals surface area (Å²) in [6, 6.07) is 3.97. The molecular weight excluding hydrogens is 490 g/mol. The molecule has 2 aromatic rings. The van der Waals surface area contributed by atoms with Gasteiger partial charge < -0.3 is 20.9 Å². The number of piperidine rings is 1. The number of rotatable bonds is 10. The zero-order valence-electron chi connectivity index (χ0n) is 20.5. The van der Waals surface area contributed by atoms with Gasteiger partial charge in [-0.25, -0.2) is 8.42 Å². The molecule has 3 rings (SSSR count). The fourth-order valence-corrected chi connectivity index (χ4v) is 5.70. The molecule has 1 aromatic carbocycles. The van der Waals surface area contributed by atoms with Crippen molar-refractivity contribution in [2.75, 3.05) is 25.0 Å². The maximum absolute atomic E-state index is 13.4. The third-order valence-electron chi connectivity index (χ3n) is 6.01. The average Bonchev–Trinajstić information content (AvgIpc) is 3.14. The second-order valence-corrected chi connectivity index (χ2v) is 10.4. The monoisotopic (exact) mass is 521 g/mol. The number of aliphatic carboxylic acids is 1. The maximum Gasteiger partial charge on any atom is 0.306 e. The Morgan fingerprint density at radius 3 is 2.44 bits per heavy atom. The molecule has 0 saturated carbocycles. The van der Waals surface area contributed by atoms with E-state index in [4.69, 9.17) is 10.5 Å². The first-order chi connectivity index (χ1) is 17.0. The number of anilines is 1. The van der Waals surface area contributed by atoms with Gasteiger partial charge in [0.25, 0.3) is 11.8 Å². The van der Waals surface area contributed by atoms with E-state index in [1.54, 1.807) is 14.0 Å². The summed E-state index contributed by atoms with van der Waals surface area (Å²) >= 11 is 0. The number of carboxylic acid groups (broad SMARTS) is 1. The molecule has 0 aliphatic carbocycles. The number of carboxylic acids is 1. The number of carbonyl (C=O) groups excluding carboxylic acids is 2.